The average Bonchev–Trinajstić information content (AvgIpc) is 2.25. The first-order valence-electron chi connectivity index (χ1n) is 4.34. The topological polar surface area (TPSA) is 46.2 Å². The van der Waals surface area contributed by atoms with Crippen LogP contribution in [0.3, 0.4) is 0 Å². The summed E-state index contributed by atoms with van der Waals surface area (Å²) in [5.41, 5.74) is 0.493. The summed E-state index contributed by atoms with van der Waals surface area (Å²) >= 11 is 16.0. The lowest BCUT2D eigenvalue weighted by Gasteiger charge is -2.10. The highest BCUT2D eigenvalue weighted by molar-refractivity contribution is 6.76. The van der Waals surface area contributed by atoms with Crippen LogP contribution in [-0.4, -0.2) is 22.0 Å². The maximum atomic E-state index is 11.5. The number of halogens is 3. The highest BCUT2D eigenvalue weighted by Crippen LogP contribution is 2.25. The van der Waals surface area contributed by atoms with Crippen LogP contribution in [0, 0.1) is 0 Å². The summed E-state index contributed by atoms with van der Waals surface area (Å²) in [5.74, 6) is -1.06. The lowest BCUT2D eigenvalue weighted by Crippen LogP contribution is -2.37. The number of benzene rings is 1. The smallest absolute Gasteiger partial charge is 0.272 e. The van der Waals surface area contributed by atoms with Gasteiger partial charge in [-0.15, -0.1) is 0 Å². The fourth-order valence-corrected chi connectivity index (χ4v) is 1.19. The lowest BCUT2D eigenvalue weighted by molar-refractivity contribution is -0.120. The van der Waals surface area contributed by atoms with Gasteiger partial charge < -0.3 is 5.32 Å². The van der Waals surface area contributed by atoms with E-state index < -0.39 is 9.70 Å². The summed E-state index contributed by atoms with van der Waals surface area (Å²) in [4.78, 5) is 22.7. The zero-order valence-corrected chi connectivity index (χ0v) is 10.3. The van der Waals surface area contributed by atoms with Gasteiger partial charge in [0.2, 0.25) is 0 Å². The van der Waals surface area contributed by atoms with Crippen LogP contribution in [-0.2, 0) is 4.79 Å². The molecule has 0 fully saturated rings. The minimum Gasteiger partial charge on any atom is -0.345 e. The molecule has 3 nitrogen and oxygen atoms in total. The molecule has 0 saturated carbocycles. The van der Waals surface area contributed by atoms with Gasteiger partial charge in [-0.05, 0) is 0 Å². The first kappa shape index (κ1) is 13.3. The second kappa shape index (κ2) is 5.53. The molecule has 0 spiro atoms. The number of nitrogens with one attached hydrogen (secondary N) is 1. The molecule has 0 heterocycles. The monoisotopic (exact) mass is 279 g/mol. The van der Waals surface area contributed by atoms with Crippen molar-refractivity contribution in [3.05, 3.63) is 35.9 Å². The van der Waals surface area contributed by atoms with Crippen LogP contribution in [0.15, 0.2) is 30.3 Å². The fraction of sp³-hybridized carbons (Fsp3) is 0.200. The van der Waals surface area contributed by atoms with Gasteiger partial charge in [0.25, 0.3) is 9.70 Å². The van der Waals surface area contributed by atoms with E-state index in [1.807, 2.05) is 0 Å². The van der Waals surface area contributed by atoms with Gasteiger partial charge in [0.15, 0.2) is 5.78 Å². The van der Waals surface area contributed by atoms with Crippen molar-refractivity contribution in [3.8, 4) is 0 Å². The molecule has 1 rings (SSSR count). The van der Waals surface area contributed by atoms with Gasteiger partial charge in [-0.1, -0.05) is 65.1 Å². The number of amides is 1. The van der Waals surface area contributed by atoms with Crippen LogP contribution in [0.5, 0.6) is 0 Å². The predicted molar refractivity (Wildman–Crippen MR) is 64.1 cm³/mol. The van der Waals surface area contributed by atoms with Crippen molar-refractivity contribution in [2.45, 2.75) is 3.79 Å². The van der Waals surface area contributed by atoms with E-state index in [-0.39, 0.29) is 12.3 Å². The third-order valence-corrected chi connectivity index (χ3v) is 2.28. The van der Waals surface area contributed by atoms with Crippen LogP contribution < -0.4 is 5.32 Å². The van der Waals surface area contributed by atoms with Gasteiger partial charge in [-0.2, -0.15) is 0 Å². The molecule has 0 aliphatic rings. The molecule has 0 aromatic heterocycles. The number of carbonyl (C=O) groups is 2. The molecule has 0 saturated heterocycles. The van der Waals surface area contributed by atoms with Gasteiger partial charge in [0.05, 0.1) is 6.54 Å². The van der Waals surface area contributed by atoms with Gasteiger partial charge in [-0.3, -0.25) is 9.59 Å². The molecular formula is C10H8Cl3NO2. The Kier molecular flexibility index (Phi) is 4.59. The molecule has 0 aliphatic carbocycles. The summed E-state index contributed by atoms with van der Waals surface area (Å²) < 4.78 is -2.04. The molecule has 0 bridgehead atoms. The molecule has 0 radical (unpaired) electrons. The number of hydrogen-bond acceptors (Lipinski definition) is 2. The summed E-state index contributed by atoms with van der Waals surface area (Å²) in [5, 5.41) is 2.24. The van der Waals surface area contributed by atoms with Crippen LogP contribution in [0.25, 0.3) is 0 Å². The summed E-state index contributed by atoms with van der Waals surface area (Å²) in [7, 11) is 0. The zero-order valence-electron chi connectivity index (χ0n) is 8.04. The van der Waals surface area contributed by atoms with Crippen LogP contribution in [0.2, 0.25) is 0 Å². The van der Waals surface area contributed by atoms with Crippen molar-refractivity contribution in [1.82, 2.24) is 5.32 Å². The van der Waals surface area contributed by atoms with E-state index in [1.54, 1.807) is 30.3 Å². The number of Topliss-reactive ketones (excluding diaryl/α,β-unsaturated/α-hetero) is 1. The normalized spacial score (nSPS) is 10.9. The van der Waals surface area contributed by atoms with E-state index in [0.717, 1.165) is 0 Å². The quantitative estimate of drug-likeness (QED) is 0.682. The van der Waals surface area contributed by atoms with Gasteiger partial charge in [-0.25, -0.2) is 0 Å². The van der Waals surface area contributed by atoms with E-state index in [0.29, 0.717) is 5.56 Å². The number of alkyl halides is 3. The molecular weight excluding hydrogens is 272 g/mol. The molecule has 16 heavy (non-hydrogen) atoms. The minimum atomic E-state index is -2.04. The van der Waals surface area contributed by atoms with E-state index in [2.05, 4.69) is 5.32 Å². The molecule has 6 heteroatoms. The van der Waals surface area contributed by atoms with Crippen molar-refractivity contribution in [3.63, 3.8) is 0 Å². The van der Waals surface area contributed by atoms with E-state index in [9.17, 15) is 9.59 Å². The SMILES string of the molecule is O=C(CNC(=O)C(Cl)(Cl)Cl)c1ccccc1. The Hall–Kier alpha value is -0.770. The van der Waals surface area contributed by atoms with Gasteiger partial charge >= 0.3 is 0 Å². The number of carbonyl (C=O) groups excluding carboxylic acids is 2. The lowest BCUT2D eigenvalue weighted by atomic mass is 10.1. The molecule has 1 aromatic rings. The standard InChI is InChI=1S/C10H8Cl3NO2/c11-10(12,13)9(16)14-6-8(15)7-4-2-1-3-5-7/h1-5H,6H2,(H,14,16). The van der Waals surface area contributed by atoms with Crippen molar-refractivity contribution >= 4 is 46.5 Å². The second-order valence-electron chi connectivity index (χ2n) is 2.97. The summed E-state index contributed by atoms with van der Waals surface area (Å²) in [6.45, 7) is -0.198. The molecule has 86 valence electrons. The largest absolute Gasteiger partial charge is 0.345 e. The Morgan fingerprint density at radius 1 is 1.12 bits per heavy atom. The van der Waals surface area contributed by atoms with Crippen LogP contribution in [0.1, 0.15) is 10.4 Å². The molecule has 1 amide bonds. The van der Waals surface area contributed by atoms with Crippen LogP contribution >= 0.6 is 34.8 Å². The van der Waals surface area contributed by atoms with Gasteiger partial charge in [0, 0.05) is 5.56 Å². The van der Waals surface area contributed by atoms with E-state index >= 15 is 0 Å². The van der Waals surface area contributed by atoms with E-state index in [4.69, 9.17) is 34.8 Å². The minimum absolute atomic E-state index is 0.198. The highest BCUT2D eigenvalue weighted by atomic mass is 35.6. The van der Waals surface area contributed by atoms with Crippen molar-refractivity contribution in [2.24, 2.45) is 0 Å². The molecule has 0 aliphatic heterocycles. The first-order valence-corrected chi connectivity index (χ1v) is 5.48. The Morgan fingerprint density at radius 3 is 2.19 bits per heavy atom. The summed E-state index contributed by atoms with van der Waals surface area (Å²) in [6.07, 6.45) is 0. The number of rotatable bonds is 3. The van der Waals surface area contributed by atoms with Gasteiger partial charge in [0.1, 0.15) is 0 Å². The highest BCUT2D eigenvalue weighted by Gasteiger charge is 2.30. The predicted octanol–water partition coefficient (Wildman–Crippen LogP) is 2.36. The number of ketones is 1. The van der Waals surface area contributed by atoms with E-state index in [1.165, 1.54) is 0 Å². The Bertz CT molecular complexity index is 387. The number of hydrogen-bond donors (Lipinski definition) is 1. The van der Waals surface area contributed by atoms with Crippen molar-refractivity contribution in [2.75, 3.05) is 6.54 Å². The van der Waals surface area contributed by atoms with Crippen molar-refractivity contribution < 1.29 is 9.59 Å². The van der Waals surface area contributed by atoms with Crippen LogP contribution in [0.4, 0.5) is 0 Å². The fourth-order valence-electron chi connectivity index (χ4n) is 0.987. The maximum absolute atomic E-state index is 11.5. The van der Waals surface area contributed by atoms with Crippen molar-refractivity contribution in [1.29, 1.82) is 0 Å². The molecule has 1 N–H and O–H groups in total. The molecule has 0 atom stereocenters. The zero-order chi connectivity index (χ0) is 12.2. The maximum Gasteiger partial charge on any atom is 0.272 e. The Balaban J connectivity index is 2.52. The third-order valence-electron chi connectivity index (χ3n) is 1.76. The molecule has 1 aromatic carbocycles. The second-order valence-corrected chi connectivity index (χ2v) is 5.25. The average molecular weight is 281 g/mol. The Morgan fingerprint density at radius 2 is 1.69 bits per heavy atom. The first-order chi connectivity index (χ1) is 7.41. The Labute approximate surface area is 108 Å². The molecule has 0 unspecified atom stereocenters. The summed E-state index contributed by atoms with van der Waals surface area (Å²) in [6, 6.07) is 8.53. The third kappa shape index (κ3) is 4.00.